The van der Waals surface area contributed by atoms with Gasteiger partial charge >= 0.3 is 0 Å². The summed E-state index contributed by atoms with van der Waals surface area (Å²) in [6, 6.07) is 3.53. The van der Waals surface area contributed by atoms with Crippen molar-refractivity contribution in [2.45, 2.75) is 30.7 Å². The van der Waals surface area contributed by atoms with Gasteiger partial charge in [-0.15, -0.1) is 0 Å². The lowest BCUT2D eigenvalue weighted by atomic mass is 9.95. The van der Waals surface area contributed by atoms with E-state index in [9.17, 15) is 10.2 Å². The molecular weight excluding hydrogens is 182 g/mol. The average molecular weight is 193 g/mol. The van der Waals surface area contributed by atoms with Gasteiger partial charge in [0.1, 0.15) is 17.5 Å². The van der Waals surface area contributed by atoms with E-state index >= 15 is 0 Å². The first-order chi connectivity index (χ1) is 6.73. The number of pyridine rings is 1. The van der Waals surface area contributed by atoms with Crippen LogP contribution in [0.3, 0.4) is 0 Å². The van der Waals surface area contributed by atoms with Crippen molar-refractivity contribution in [2.24, 2.45) is 0 Å². The van der Waals surface area contributed by atoms with Gasteiger partial charge in [-0.2, -0.15) is 0 Å². The Morgan fingerprint density at radius 3 is 3.21 bits per heavy atom. The predicted molar refractivity (Wildman–Crippen MR) is 47.8 cm³/mol. The summed E-state index contributed by atoms with van der Waals surface area (Å²) in [7, 11) is 0. The monoisotopic (exact) mass is 193 g/mol. The molecule has 0 radical (unpaired) electrons. The highest BCUT2D eigenvalue weighted by atomic mass is 16.5. The Labute approximate surface area is 81.2 Å². The van der Waals surface area contributed by atoms with Crippen molar-refractivity contribution < 1.29 is 14.9 Å². The van der Waals surface area contributed by atoms with Crippen LogP contribution in [-0.4, -0.2) is 27.4 Å². The number of aliphatic hydroxyl groups is 2. The van der Waals surface area contributed by atoms with Gasteiger partial charge in [0.15, 0.2) is 5.60 Å². The topological polar surface area (TPSA) is 62.6 Å². The molecule has 0 amide bonds. The summed E-state index contributed by atoms with van der Waals surface area (Å²) < 4.78 is 5.53. The zero-order chi connectivity index (χ0) is 9.76. The van der Waals surface area contributed by atoms with Crippen molar-refractivity contribution >= 4 is 0 Å². The zero-order valence-electron chi connectivity index (χ0n) is 7.55. The molecule has 1 aromatic heterocycles. The highest BCUT2D eigenvalue weighted by Gasteiger charge is 2.57. The third kappa shape index (κ3) is 0.779. The molecule has 3 rings (SSSR count). The van der Waals surface area contributed by atoms with Gasteiger partial charge in [0.05, 0.1) is 6.10 Å². The van der Waals surface area contributed by atoms with Crippen LogP contribution in [0.4, 0.5) is 0 Å². The Hall–Kier alpha value is -1.13. The van der Waals surface area contributed by atoms with Crippen molar-refractivity contribution in [3.05, 3.63) is 24.0 Å². The van der Waals surface area contributed by atoms with Gasteiger partial charge in [0, 0.05) is 6.20 Å². The molecule has 2 N–H and O–H groups in total. The second-order valence-corrected chi connectivity index (χ2v) is 3.88. The first-order valence-corrected chi connectivity index (χ1v) is 4.75. The van der Waals surface area contributed by atoms with Gasteiger partial charge in [-0.05, 0) is 25.0 Å². The van der Waals surface area contributed by atoms with Gasteiger partial charge in [0.25, 0.3) is 0 Å². The Balaban J connectivity index is 2.18. The minimum Gasteiger partial charge on any atom is -0.485 e. The van der Waals surface area contributed by atoms with Crippen LogP contribution in [0.15, 0.2) is 18.3 Å². The minimum atomic E-state index is -1.28. The van der Waals surface area contributed by atoms with E-state index in [0.717, 1.165) is 0 Å². The molecule has 0 aromatic carbocycles. The molecule has 3 unspecified atom stereocenters. The summed E-state index contributed by atoms with van der Waals surface area (Å²) in [6.07, 6.45) is 1.75. The zero-order valence-corrected chi connectivity index (χ0v) is 7.55. The van der Waals surface area contributed by atoms with Gasteiger partial charge in [-0.1, -0.05) is 0 Å². The molecular formula is C10H11NO3. The molecule has 3 atom stereocenters. The highest BCUT2D eigenvalue weighted by Crippen LogP contribution is 2.48. The predicted octanol–water partition coefficient (Wildman–Crippen LogP) is 0.185. The largest absolute Gasteiger partial charge is 0.485 e. The summed E-state index contributed by atoms with van der Waals surface area (Å²) in [4.78, 5) is 4.09. The van der Waals surface area contributed by atoms with E-state index in [2.05, 4.69) is 4.98 Å². The van der Waals surface area contributed by atoms with Crippen LogP contribution in [0.2, 0.25) is 0 Å². The van der Waals surface area contributed by atoms with E-state index in [4.69, 9.17) is 4.74 Å². The Kier molecular flexibility index (Phi) is 1.44. The molecule has 2 aliphatic rings. The smallest absolute Gasteiger partial charge is 0.173 e. The minimum absolute atomic E-state index is 0.331. The SMILES string of the molecule is OC1CCC2Oc3cccnc3C12O. The number of aromatic nitrogens is 1. The summed E-state index contributed by atoms with van der Waals surface area (Å²) in [5.74, 6) is 0.596. The Morgan fingerprint density at radius 2 is 2.36 bits per heavy atom. The Morgan fingerprint density at radius 1 is 1.50 bits per heavy atom. The molecule has 1 fully saturated rings. The molecule has 4 heteroatoms. The van der Waals surface area contributed by atoms with E-state index in [-0.39, 0.29) is 6.10 Å². The van der Waals surface area contributed by atoms with Gasteiger partial charge < -0.3 is 14.9 Å². The van der Waals surface area contributed by atoms with Crippen molar-refractivity contribution in [1.82, 2.24) is 4.98 Å². The third-order valence-electron chi connectivity index (χ3n) is 3.12. The van der Waals surface area contributed by atoms with Crippen LogP contribution in [-0.2, 0) is 5.60 Å². The maximum absolute atomic E-state index is 10.3. The fourth-order valence-electron chi connectivity index (χ4n) is 2.36. The molecule has 1 saturated carbocycles. The van der Waals surface area contributed by atoms with Gasteiger partial charge in [-0.25, -0.2) is 0 Å². The van der Waals surface area contributed by atoms with Crippen molar-refractivity contribution in [3.8, 4) is 5.75 Å². The van der Waals surface area contributed by atoms with Crippen molar-refractivity contribution in [1.29, 1.82) is 0 Å². The van der Waals surface area contributed by atoms with Crippen LogP contribution >= 0.6 is 0 Å². The quantitative estimate of drug-likeness (QED) is 0.617. The number of nitrogens with zero attached hydrogens (tertiary/aromatic N) is 1. The fourth-order valence-corrected chi connectivity index (χ4v) is 2.36. The standard InChI is InChI=1S/C10H11NO3/c12-7-3-4-8-10(7,13)9-6(14-8)2-1-5-11-9/h1-2,5,7-8,12-13H,3-4H2. The van der Waals surface area contributed by atoms with E-state index in [1.807, 2.05) is 0 Å². The summed E-state index contributed by atoms with van der Waals surface area (Å²) in [6.45, 7) is 0. The normalized spacial score (nSPS) is 39.0. The van der Waals surface area contributed by atoms with Gasteiger partial charge in [0.2, 0.25) is 0 Å². The third-order valence-corrected chi connectivity index (χ3v) is 3.12. The van der Waals surface area contributed by atoms with Crippen LogP contribution in [0, 0.1) is 0 Å². The molecule has 2 heterocycles. The molecule has 74 valence electrons. The van der Waals surface area contributed by atoms with E-state index in [1.54, 1.807) is 18.3 Å². The summed E-state index contributed by atoms with van der Waals surface area (Å²) in [5.41, 5.74) is -0.800. The Bertz CT molecular complexity index is 381. The van der Waals surface area contributed by atoms with E-state index < -0.39 is 11.7 Å². The summed E-state index contributed by atoms with van der Waals surface area (Å²) in [5, 5.41) is 20.0. The number of hydrogen-bond acceptors (Lipinski definition) is 4. The fraction of sp³-hybridized carbons (Fsp3) is 0.500. The number of ether oxygens (including phenoxy) is 1. The number of aliphatic hydroxyl groups excluding tert-OH is 1. The molecule has 4 nitrogen and oxygen atoms in total. The van der Waals surface area contributed by atoms with Crippen LogP contribution < -0.4 is 4.74 Å². The molecule has 1 aliphatic carbocycles. The molecule has 0 bridgehead atoms. The number of hydrogen-bond donors (Lipinski definition) is 2. The molecule has 1 aromatic rings. The lowest BCUT2D eigenvalue weighted by Gasteiger charge is -2.23. The lowest BCUT2D eigenvalue weighted by Crippen LogP contribution is -2.41. The van der Waals surface area contributed by atoms with Crippen LogP contribution in [0.5, 0.6) is 5.75 Å². The average Bonchev–Trinajstić information content (AvgIpc) is 2.63. The maximum Gasteiger partial charge on any atom is 0.173 e. The van der Waals surface area contributed by atoms with Crippen molar-refractivity contribution in [3.63, 3.8) is 0 Å². The summed E-state index contributed by atoms with van der Waals surface area (Å²) >= 11 is 0. The molecule has 0 spiro atoms. The molecule has 1 aliphatic heterocycles. The van der Waals surface area contributed by atoms with E-state index in [0.29, 0.717) is 24.3 Å². The number of fused-ring (bicyclic) bond motifs is 3. The molecule has 0 saturated heterocycles. The van der Waals surface area contributed by atoms with E-state index in [1.165, 1.54) is 0 Å². The van der Waals surface area contributed by atoms with Gasteiger partial charge in [-0.3, -0.25) is 4.98 Å². The van der Waals surface area contributed by atoms with Crippen LogP contribution in [0.25, 0.3) is 0 Å². The highest BCUT2D eigenvalue weighted by molar-refractivity contribution is 5.40. The second-order valence-electron chi connectivity index (χ2n) is 3.88. The maximum atomic E-state index is 10.3. The second kappa shape index (κ2) is 2.46. The van der Waals surface area contributed by atoms with Crippen LogP contribution in [0.1, 0.15) is 18.5 Å². The lowest BCUT2D eigenvalue weighted by molar-refractivity contribution is -0.0918. The first kappa shape index (κ1) is 8.20. The molecule has 14 heavy (non-hydrogen) atoms. The van der Waals surface area contributed by atoms with Crippen molar-refractivity contribution in [2.75, 3.05) is 0 Å². The first-order valence-electron chi connectivity index (χ1n) is 4.75. The number of rotatable bonds is 0.